The van der Waals surface area contributed by atoms with E-state index in [1.54, 1.807) is 0 Å². The summed E-state index contributed by atoms with van der Waals surface area (Å²) in [4.78, 5) is 27.1. The van der Waals surface area contributed by atoms with Gasteiger partial charge in [0.25, 0.3) is 0 Å². The molecule has 2 aliphatic heterocycles. The summed E-state index contributed by atoms with van der Waals surface area (Å²) in [6.45, 7) is 3.74. The van der Waals surface area contributed by atoms with E-state index in [0.29, 0.717) is 31.8 Å². The Morgan fingerprint density at radius 3 is 2.45 bits per heavy atom. The second kappa shape index (κ2) is 6.92. The van der Waals surface area contributed by atoms with E-state index in [-0.39, 0.29) is 11.9 Å². The maximum atomic E-state index is 12.5. The first-order valence-electron chi connectivity index (χ1n) is 7.53. The lowest BCUT2D eigenvalue weighted by Crippen LogP contribution is -2.51. The lowest BCUT2D eigenvalue weighted by molar-refractivity contribution is -0.143. The maximum Gasteiger partial charge on any atom is 0.320 e. The second-order valence-electron chi connectivity index (χ2n) is 5.89. The molecular formula is C14H25N3O3. The number of rotatable bonds is 3. The molecule has 1 atom stereocenters. The minimum atomic E-state index is -0.732. The highest BCUT2D eigenvalue weighted by Gasteiger charge is 2.31. The van der Waals surface area contributed by atoms with E-state index in [1.807, 2.05) is 16.8 Å². The molecule has 0 saturated carbocycles. The van der Waals surface area contributed by atoms with Gasteiger partial charge in [0.2, 0.25) is 0 Å². The van der Waals surface area contributed by atoms with Crippen LogP contribution in [0.3, 0.4) is 0 Å². The molecular weight excluding hydrogens is 258 g/mol. The smallest absolute Gasteiger partial charge is 0.320 e. The lowest BCUT2D eigenvalue weighted by Gasteiger charge is -2.38. The van der Waals surface area contributed by atoms with Crippen LogP contribution in [0.25, 0.3) is 0 Å². The fourth-order valence-electron chi connectivity index (χ4n) is 3.21. The Balaban J connectivity index is 1.84. The van der Waals surface area contributed by atoms with Gasteiger partial charge in [-0.1, -0.05) is 0 Å². The molecule has 0 aliphatic carbocycles. The van der Waals surface area contributed by atoms with Gasteiger partial charge >= 0.3 is 12.0 Å². The molecule has 114 valence electrons. The monoisotopic (exact) mass is 283 g/mol. The first kappa shape index (κ1) is 15.1. The summed E-state index contributed by atoms with van der Waals surface area (Å²) in [7, 11) is 1.94. The molecule has 2 rings (SSSR count). The van der Waals surface area contributed by atoms with Gasteiger partial charge in [0, 0.05) is 26.2 Å². The number of nitrogens with one attached hydrogen (secondary N) is 1. The number of likely N-dealkylation sites (tertiary alicyclic amines) is 2. The predicted octanol–water partition coefficient (Wildman–Crippen LogP) is 0.834. The molecule has 6 nitrogen and oxygen atoms in total. The van der Waals surface area contributed by atoms with Gasteiger partial charge in [0.15, 0.2) is 0 Å². The molecule has 2 fully saturated rings. The van der Waals surface area contributed by atoms with Crippen LogP contribution in [0.15, 0.2) is 0 Å². The van der Waals surface area contributed by atoms with Crippen molar-refractivity contribution in [1.29, 1.82) is 0 Å². The molecule has 1 unspecified atom stereocenters. The van der Waals surface area contributed by atoms with E-state index >= 15 is 0 Å². The summed E-state index contributed by atoms with van der Waals surface area (Å²) in [5.74, 6) is -0.476. The summed E-state index contributed by atoms with van der Waals surface area (Å²) in [5, 5.41) is 12.2. The highest BCUT2D eigenvalue weighted by molar-refractivity contribution is 5.75. The van der Waals surface area contributed by atoms with Crippen LogP contribution in [0, 0.1) is 11.8 Å². The van der Waals surface area contributed by atoms with Crippen molar-refractivity contribution in [3.63, 3.8) is 0 Å². The van der Waals surface area contributed by atoms with Crippen LogP contribution in [0.4, 0.5) is 4.79 Å². The highest BCUT2D eigenvalue weighted by atomic mass is 16.4. The first-order chi connectivity index (χ1) is 9.61. The Bertz CT molecular complexity index is 352. The zero-order valence-corrected chi connectivity index (χ0v) is 12.2. The van der Waals surface area contributed by atoms with E-state index in [4.69, 9.17) is 5.11 Å². The van der Waals surface area contributed by atoms with Crippen molar-refractivity contribution < 1.29 is 14.7 Å². The van der Waals surface area contributed by atoms with Gasteiger partial charge in [0.05, 0.1) is 5.92 Å². The molecule has 6 heteroatoms. The molecule has 0 bridgehead atoms. The molecule has 0 radical (unpaired) electrons. The lowest BCUT2D eigenvalue weighted by atomic mass is 9.96. The van der Waals surface area contributed by atoms with Gasteiger partial charge in [-0.25, -0.2) is 4.79 Å². The number of hydrogen-bond donors (Lipinski definition) is 2. The number of carboxylic acids is 1. The standard InChI is InChI=1S/C14H25N3O3/c1-15-9-11-3-2-6-17(10-11)14(20)16-7-4-12(5-8-16)13(18)19/h11-12,15H,2-10H2,1H3,(H,18,19). The van der Waals surface area contributed by atoms with Crippen LogP contribution in [0.5, 0.6) is 0 Å². The summed E-state index contributed by atoms with van der Waals surface area (Å²) in [5.41, 5.74) is 0. The second-order valence-corrected chi connectivity index (χ2v) is 5.89. The average Bonchev–Trinajstić information content (AvgIpc) is 2.47. The summed E-state index contributed by atoms with van der Waals surface area (Å²) >= 11 is 0. The van der Waals surface area contributed by atoms with Crippen molar-refractivity contribution in [2.75, 3.05) is 39.8 Å². The van der Waals surface area contributed by atoms with Crippen LogP contribution in [-0.4, -0.2) is 66.7 Å². The molecule has 0 aromatic heterocycles. The molecule has 2 heterocycles. The van der Waals surface area contributed by atoms with E-state index in [9.17, 15) is 9.59 Å². The molecule has 2 saturated heterocycles. The van der Waals surface area contributed by atoms with Crippen LogP contribution in [-0.2, 0) is 4.79 Å². The molecule has 0 aromatic rings. The summed E-state index contributed by atoms with van der Waals surface area (Å²) < 4.78 is 0. The van der Waals surface area contributed by atoms with Gasteiger partial charge in [-0.2, -0.15) is 0 Å². The van der Waals surface area contributed by atoms with Crippen molar-refractivity contribution in [3.05, 3.63) is 0 Å². The van der Waals surface area contributed by atoms with Gasteiger partial charge < -0.3 is 20.2 Å². The number of carbonyl (C=O) groups excluding carboxylic acids is 1. The van der Waals surface area contributed by atoms with Gasteiger partial charge in [0.1, 0.15) is 0 Å². The number of carboxylic acid groups (broad SMARTS) is 1. The highest BCUT2D eigenvalue weighted by Crippen LogP contribution is 2.21. The van der Waals surface area contributed by atoms with Gasteiger partial charge in [-0.15, -0.1) is 0 Å². The molecule has 0 aromatic carbocycles. The maximum absolute atomic E-state index is 12.5. The van der Waals surface area contributed by atoms with Gasteiger partial charge in [-0.05, 0) is 45.2 Å². The molecule has 0 spiro atoms. The van der Waals surface area contributed by atoms with Crippen LogP contribution < -0.4 is 5.32 Å². The summed E-state index contributed by atoms with van der Waals surface area (Å²) in [6, 6.07) is 0.0923. The van der Waals surface area contributed by atoms with Crippen molar-refractivity contribution in [1.82, 2.24) is 15.1 Å². The Kier molecular flexibility index (Phi) is 5.23. The third-order valence-corrected chi connectivity index (χ3v) is 4.40. The van der Waals surface area contributed by atoms with Gasteiger partial charge in [-0.3, -0.25) is 4.79 Å². The van der Waals surface area contributed by atoms with Crippen molar-refractivity contribution in [2.24, 2.45) is 11.8 Å². The van der Waals surface area contributed by atoms with Crippen molar-refractivity contribution in [3.8, 4) is 0 Å². The Labute approximate surface area is 120 Å². The Morgan fingerprint density at radius 1 is 1.15 bits per heavy atom. The van der Waals surface area contributed by atoms with Crippen LogP contribution in [0.1, 0.15) is 25.7 Å². The molecule has 20 heavy (non-hydrogen) atoms. The van der Waals surface area contributed by atoms with Crippen LogP contribution in [0.2, 0.25) is 0 Å². The number of urea groups is 1. The molecule has 2 amide bonds. The predicted molar refractivity (Wildman–Crippen MR) is 75.6 cm³/mol. The number of amides is 2. The third kappa shape index (κ3) is 3.62. The van der Waals surface area contributed by atoms with E-state index in [0.717, 1.165) is 26.1 Å². The molecule has 2 N–H and O–H groups in total. The third-order valence-electron chi connectivity index (χ3n) is 4.40. The Hall–Kier alpha value is -1.30. The number of piperidine rings is 2. The fraction of sp³-hybridized carbons (Fsp3) is 0.857. The van der Waals surface area contributed by atoms with Crippen LogP contribution >= 0.6 is 0 Å². The largest absolute Gasteiger partial charge is 0.481 e. The minimum Gasteiger partial charge on any atom is -0.481 e. The first-order valence-corrected chi connectivity index (χ1v) is 7.53. The quantitative estimate of drug-likeness (QED) is 0.805. The average molecular weight is 283 g/mol. The molecule has 2 aliphatic rings. The minimum absolute atomic E-state index is 0.0923. The van der Waals surface area contributed by atoms with E-state index < -0.39 is 5.97 Å². The normalized spacial score (nSPS) is 24.8. The Morgan fingerprint density at radius 2 is 1.85 bits per heavy atom. The summed E-state index contributed by atoms with van der Waals surface area (Å²) in [6.07, 6.45) is 3.39. The SMILES string of the molecule is CNCC1CCCN(C(=O)N2CCC(C(=O)O)CC2)C1. The zero-order chi connectivity index (χ0) is 14.5. The topological polar surface area (TPSA) is 72.9 Å². The van der Waals surface area contributed by atoms with E-state index in [1.165, 1.54) is 6.42 Å². The fourth-order valence-corrected chi connectivity index (χ4v) is 3.21. The number of hydrogen-bond acceptors (Lipinski definition) is 3. The number of aliphatic carboxylic acids is 1. The van der Waals surface area contributed by atoms with Crippen molar-refractivity contribution in [2.45, 2.75) is 25.7 Å². The van der Waals surface area contributed by atoms with E-state index in [2.05, 4.69) is 5.32 Å². The van der Waals surface area contributed by atoms with Crippen molar-refractivity contribution >= 4 is 12.0 Å². The zero-order valence-electron chi connectivity index (χ0n) is 12.2. The number of carbonyl (C=O) groups is 2. The number of nitrogens with zero attached hydrogens (tertiary/aromatic N) is 2.